The predicted octanol–water partition coefficient (Wildman–Crippen LogP) is 1.16. The normalized spacial score (nSPS) is 27.6. The van der Waals surface area contributed by atoms with Crippen molar-refractivity contribution in [3.8, 4) is 0 Å². The van der Waals surface area contributed by atoms with Crippen LogP contribution in [0.4, 0.5) is 5.69 Å². The van der Waals surface area contributed by atoms with Crippen LogP contribution in [0.2, 0.25) is 0 Å². The quantitative estimate of drug-likeness (QED) is 0.732. The number of fused-ring (bicyclic) bond motifs is 2. The van der Waals surface area contributed by atoms with E-state index in [-0.39, 0.29) is 23.8 Å². The van der Waals surface area contributed by atoms with Gasteiger partial charge in [0.15, 0.2) is 5.60 Å². The second-order valence-corrected chi connectivity index (χ2v) is 8.56. The van der Waals surface area contributed by atoms with Crippen LogP contribution in [-0.2, 0) is 15.2 Å². The lowest BCUT2D eigenvalue weighted by Crippen LogP contribution is -2.52. The van der Waals surface area contributed by atoms with Gasteiger partial charge in [0.25, 0.3) is 5.91 Å². The fourth-order valence-corrected chi connectivity index (χ4v) is 5.33. The van der Waals surface area contributed by atoms with Crippen LogP contribution in [0.5, 0.6) is 0 Å². The number of rotatable bonds is 6. The lowest BCUT2D eigenvalue weighted by atomic mass is 9.72. The number of anilines is 1. The van der Waals surface area contributed by atoms with Crippen molar-refractivity contribution in [1.29, 1.82) is 0 Å². The number of amides is 2. The van der Waals surface area contributed by atoms with Crippen LogP contribution in [0.25, 0.3) is 5.57 Å². The summed E-state index contributed by atoms with van der Waals surface area (Å²) in [4.78, 5) is 32.0. The monoisotopic (exact) mass is 412 g/mol. The number of nitrogens with zero attached hydrogens (tertiary/aromatic N) is 3. The van der Waals surface area contributed by atoms with Gasteiger partial charge in [0.2, 0.25) is 5.91 Å². The van der Waals surface area contributed by atoms with Crippen molar-refractivity contribution in [2.24, 2.45) is 11.7 Å². The molecule has 162 valence electrons. The Labute approximate surface area is 178 Å². The van der Waals surface area contributed by atoms with Crippen molar-refractivity contribution >= 4 is 23.1 Å². The molecule has 3 atom stereocenters. The molecule has 2 heterocycles. The van der Waals surface area contributed by atoms with Gasteiger partial charge in [-0.15, -0.1) is 0 Å². The van der Waals surface area contributed by atoms with Gasteiger partial charge in [0.05, 0.1) is 11.6 Å². The highest BCUT2D eigenvalue weighted by Gasteiger charge is 2.56. The van der Waals surface area contributed by atoms with Gasteiger partial charge in [-0.2, -0.15) is 0 Å². The molecule has 7 nitrogen and oxygen atoms in total. The summed E-state index contributed by atoms with van der Waals surface area (Å²) in [5, 5.41) is 11.6. The highest BCUT2D eigenvalue weighted by molar-refractivity contribution is 6.09. The molecule has 0 saturated carbocycles. The molecule has 2 amide bonds. The van der Waals surface area contributed by atoms with Gasteiger partial charge in [-0.05, 0) is 51.1 Å². The first-order valence-corrected chi connectivity index (χ1v) is 11.0. The van der Waals surface area contributed by atoms with Crippen LogP contribution in [0.3, 0.4) is 0 Å². The maximum Gasteiger partial charge on any atom is 0.263 e. The number of carbonyl (C=O) groups is 2. The molecule has 2 aliphatic heterocycles. The van der Waals surface area contributed by atoms with Crippen LogP contribution >= 0.6 is 0 Å². The van der Waals surface area contributed by atoms with E-state index in [1.54, 1.807) is 4.90 Å². The van der Waals surface area contributed by atoms with E-state index in [0.717, 1.165) is 16.8 Å². The zero-order valence-corrected chi connectivity index (χ0v) is 18.1. The molecule has 0 radical (unpaired) electrons. The van der Waals surface area contributed by atoms with Gasteiger partial charge in [-0.25, -0.2) is 0 Å². The van der Waals surface area contributed by atoms with Gasteiger partial charge in [-0.1, -0.05) is 18.2 Å². The maximum absolute atomic E-state index is 13.3. The number of benzene rings is 1. The Balaban J connectivity index is 1.80. The average molecular weight is 413 g/mol. The Kier molecular flexibility index (Phi) is 5.46. The number of nitrogens with two attached hydrogens (primary N) is 1. The molecule has 0 spiro atoms. The average Bonchev–Trinajstić information content (AvgIpc) is 2.96. The van der Waals surface area contributed by atoms with Crippen LogP contribution in [-0.4, -0.2) is 72.5 Å². The van der Waals surface area contributed by atoms with E-state index in [9.17, 15) is 14.7 Å². The van der Waals surface area contributed by atoms with E-state index in [0.29, 0.717) is 51.1 Å². The lowest BCUT2D eigenvalue weighted by Gasteiger charge is -2.44. The largest absolute Gasteiger partial charge is 0.375 e. The summed E-state index contributed by atoms with van der Waals surface area (Å²) in [6.07, 6.45) is 3.06. The van der Waals surface area contributed by atoms with Crippen LogP contribution in [0, 0.1) is 5.92 Å². The summed E-state index contributed by atoms with van der Waals surface area (Å²) in [5.41, 5.74) is 7.54. The number of hydrogen-bond acceptors (Lipinski definition) is 5. The fraction of sp³-hybridized carbons (Fsp3) is 0.565. The molecular weight excluding hydrogens is 380 g/mol. The minimum atomic E-state index is -1.52. The SMILES string of the molecule is CCN(CC)C(=O)[C@@H]1C=C2c3cccc4c3C(O)(C[C@H]2N(C)C1)C(=O)N4CCCN. The molecule has 0 aromatic heterocycles. The molecule has 3 aliphatic rings. The summed E-state index contributed by atoms with van der Waals surface area (Å²) >= 11 is 0. The van der Waals surface area contributed by atoms with Crippen molar-refractivity contribution in [2.45, 2.75) is 38.3 Å². The molecule has 4 rings (SSSR count). The van der Waals surface area contributed by atoms with Gasteiger partial charge < -0.3 is 20.6 Å². The highest BCUT2D eigenvalue weighted by Crippen LogP contribution is 2.53. The summed E-state index contributed by atoms with van der Waals surface area (Å²) in [6, 6.07) is 5.70. The number of carbonyl (C=O) groups excluding carboxylic acids is 2. The highest BCUT2D eigenvalue weighted by atomic mass is 16.3. The van der Waals surface area contributed by atoms with E-state index in [1.807, 2.05) is 44.0 Å². The first-order chi connectivity index (χ1) is 14.4. The van der Waals surface area contributed by atoms with E-state index < -0.39 is 5.60 Å². The molecular formula is C23H32N4O3. The fourth-order valence-electron chi connectivity index (χ4n) is 5.33. The topological polar surface area (TPSA) is 90.1 Å². The summed E-state index contributed by atoms with van der Waals surface area (Å²) < 4.78 is 0. The predicted molar refractivity (Wildman–Crippen MR) is 117 cm³/mol. The molecule has 1 aromatic carbocycles. The second kappa shape index (κ2) is 7.80. The second-order valence-electron chi connectivity index (χ2n) is 8.56. The van der Waals surface area contributed by atoms with Crippen molar-refractivity contribution in [2.75, 3.05) is 44.7 Å². The Morgan fingerprint density at radius 2 is 2.07 bits per heavy atom. The zero-order chi connectivity index (χ0) is 21.6. The molecule has 0 saturated heterocycles. The smallest absolute Gasteiger partial charge is 0.263 e. The molecule has 1 unspecified atom stereocenters. The first-order valence-electron chi connectivity index (χ1n) is 11.0. The molecule has 30 heavy (non-hydrogen) atoms. The first kappa shape index (κ1) is 21.0. The van der Waals surface area contributed by atoms with E-state index in [4.69, 9.17) is 5.73 Å². The molecule has 0 bridgehead atoms. The Hall–Kier alpha value is -2.22. The van der Waals surface area contributed by atoms with E-state index in [1.165, 1.54) is 0 Å². The van der Waals surface area contributed by atoms with Crippen LogP contribution in [0.15, 0.2) is 24.3 Å². The molecule has 3 N–H and O–H groups in total. The van der Waals surface area contributed by atoms with Crippen molar-refractivity contribution in [1.82, 2.24) is 9.80 Å². The number of likely N-dealkylation sites (N-methyl/N-ethyl adjacent to an activating group) is 1. The standard InChI is InChI=1S/C23H32N4O3/c1-4-26(5-2)21(28)15-12-17-16-8-6-9-18-20(16)23(30,13-19(17)25(3)14-15)22(29)27(18)11-7-10-24/h6,8-9,12,15,19,30H,4-5,7,10-11,13-14,24H2,1-3H3/t15-,19-,23?/m1/s1. The third-order valence-electron chi connectivity index (χ3n) is 6.88. The molecule has 1 aliphatic carbocycles. The zero-order valence-electron chi connectivity index (χ0n) is 18.1. The number of aliphatic hydroxyl groups is 1. The third-order valence-corrected chi connectivity index (χ3v) is 6.88. The summed E-state index contributed by atoms with van der Waals surface area (Å²) in [6.45, 7) is 6.94. The minimum Gasteiger partial charge on any atom is -0.375 e. The van der Waals surface area contributed by atoms with Gasteiger partial charge in [0, 0.05) is 44.2 Å². The van der Waals surface area contributed by atoms with Gasteiger partial charge >= 0.3 is 0 Å². The van der Waals surface area contributed by atoms with Crippen LogP contribution < -0.4 is 10.6 Å². The minimum absolute atomic E-state index is 0.100. The van der Waals surface area contributed by atoms with E-state index >= 15 is 0 Å². The van der Waals surface area contributed by atoms with Crippen molar-refractivity contribution < 1.29 is 14.7 Å². The Morgan fingerprint density at radius 1 is 1.33 bits per heavy atom. The van der Waals surface area contributed by atoms with Crippen molar-refractivity contribution in [3.05, 3.63) is 35.4 Å². The lowest BCUT2D eigenvalue weighted by molar-refractivity contribution is -0.139. The van der Waals surface area contributed by atoms with Crippen LogP contribution in [0.1, 0.15) is 37.8 Å². The van der Waals surface area contributed by atoms with E-state index in [2.05, 4.69) is 11.0 Å². The van der Waals surface area contributed by atoms with Gasteiger partial charge in [-0.3, -0.25) is 14.5 Å². The number of hydrogen-bond donors (Lipinski definition) is 2. The summed E-state index contributed by atoms with van der Waals surface area (Å²) in [5.74, 6) is -0.354. The summed E-state index contributed by atoms with van der Waals surface area (Å²) in [7, 11) is 1.98. The third kappa shape index (κ3) is 2.99. The van der Waals surface area contributed by atoms with Gasteiger partial charge in [0.1, 0.15) is 0 Å². The Bertz CT molecular complexity index is 894. The Morgan fingerprint density at radius 3 is 2.73 bits per heavy atom. The molecule has 0 fully saturated rings. The van der Waals surface area contributed by atoms with Crippen molar-refractivity contribution in [3.63, 3.8) is 0 Å². The maximum atomic E-state index is 13.3. The molecule has 1 aromatic rings. The molecule has 7 heteroatoms.